The maximum absolute atomic E-state index is 11.7. The Morgan fingerprint density at radius 1 is 1.52 bits per heavy atom. The van der Waals surface area contributed by atoms with Gasteiger partial charge in [-0.05, 0) is 25.0 Å². The lowest BCUT2D eigenvalue weighted by Crippen LogP contribution is -2.11. The highest BCUT2D eigenvalue weighted by Crippen LogP contribution is 2.28. The fourth-order valence-electron chi connectivity index (χ4n) is 1.95. The average Bonchev–Trinajstić information content (AvgIpc) is 2.90. The fourth-order valence-corrected chi connectivity index (χ4v) is 2.12. The number of carbonyl (C=O) groups excluding carboxylic acids is 1. The molecular weight excluding hydrogens is 288 g/mol. The predicted molar refractivity (Wildman–Crippen MR) is 81.9 cm³/mol. The molecule has 5 nitrogen and oxygen atoms in total. The predicted octanol–water partition coefficient (Wildman–Crippen LogP) is 3.67. The van der Waals surface area contributed by atoms with Crippen LogP contribution in [0.15, 0.2) is 24.3 Å². The minimum atomic E-state index is -0.136. The molecule has 21 heavy (non-hydrogen) atoms. The smallest absolute Gasteiger partial charge is 0.225 e. The number of aromatic amines is 1. The van der Waals surface area contributed by atoms with Gasteiger partial charge in [0.25, 0.3) is 0 Å². The van der Waals surface area contributed by atoms with Crippen molar-refractivity contribution in [1.82, 2.24) is 10.2 Å². The molecule has 2 rings (SSSR count). The molecule has 6 heteroatoms. The number of anilines is 1. The molecule has 0 saturated heterocycles. The molecule has 2 aromatic rings. The minimum absolute atomic E-state index is 0.136. The largest absolute Gasteiger partial charge is 0.311 e. The van der Waals surface area contributed by atoms with Crippen molar-refractivity contribution in [3.8, 4) is 17.3 Å². The number of hydrogen-bond acceptors (Lipinski definition) is 3. The van der Waals surface area contributed by atoms with E-state index in [1.165, 1.54) is 0 Å². The molecule has 0 fully saturated rings. The van der Waals surface area contributed by atoms with Gasteiger partial charge >= 0.3 is 0 Å². The zero-order chi connectivity index (χ0) is 15.2. The van der Waals surface area contributed by atoms with Crippen LogP contribution in [0.2, 0.25) is 5.02 Å². The number of rotatable bonds is 5. The molecule has 0 aliphatic rings. The van der Waals surface area contributed by atoms with E-state index in [4.69, 9.17) is 16.9 Å². The van der Waals surface area contributed by atoms with Gasteiger partial charge in [0.15, 0.2) is 0 Å². The van der Waals surface area contributed by atoms with Gasteiger partial charge in [-0.3, -0.25) is 9.89 Å². The van der Waals surface area contributed by atoms with Gasteiger partial charge in [-0.25, -0.2) is 0 Å². The van der Waals surface area contributed by atoms with Crippen molar-refractivity contribution in [2.75, 3.05) is 5.32 Å². The summed E-state index contributed by atoms with van der Waals surface area (Å²) in [6.45, 7) is 1.92. The van der Waals surface area contributed by atoms with Crippen molar-refractivity contribution >= 4 is 23.3 Å². The SMILES string of the molecule is Cc1c(Cl)cccc1-c1cc(NC(=O)CCCC#N)[nH]n1. The Balaban J connectivity index is 2.06. The number of nitrogens with zero attached hydrogens (tertiary/aromatic N) is 2. The summed E-state index contributed by atoms with van der Waals surface area (Å²) in [6, 6.07) is 9.39. The normalized spacial score (nSPS) is 10.1. The number of carbonyl (C=O) groups is 1. The van der Waals surface area contributed by atoms with E-state index >= 15 is 0 Å². The van der Waals surface area contributed by atoms with Crippen LogP contribution in [-0.2, 0) is 4.79 Å². The average molecular weight is 303 g/mol. The van der Waals surface area contributed by atoms with Crippen molar-refractivity contribution in [2.45, 2.75) is 26.2 Å². The van der Waals surface area contributed by atoms with Gasteiger partial charge in [-0.1, -0.05) is 23.7 Å². The van der Waals surface area contributed by atoms with Crippen molar-refractivity contribution in [2.24, 2.45) is 0 Å². The number of halogens is 1. The molecule has 1 amide bonds. The fraction of sp³-hybridized carbons (Fsp3) is 0.267. The summed E-state index contributed by atoms with van der Waals surface area (Å²) < 4.78 is 0. The van der Waals surface area contributed by atoms with Crippen LogP contribution in [0.1, 0.15) is 24.8 Å². The van der Waals surface area contributed by atoms with Crippen LogP contribution in [0.25, 0.3) is 11.3 Å². The molecule has 2 N–H and O–H groups in total. The van der Waals surface area contributed by atoms with E-state index in [0.29, 0.717) is 30.1 Å². The third-order valence-corrected chi connectivity index (χ3v) is 3.50. The second kappa shape index (κ2) is 6.91. The Bertz CT molecular complexity index is 687. The van der Waals surface area contributed by atoms with Crippen LogP contribution in [0.5, 0.6) is 0 Å². The number of benzene rings is 1. The zero-order valence-electron chi connectivity index (χ0n) is 11.6. The molecule has 0 radical (unpaired) electrons. The molecule has 108 valence electrons. The first-order valence-electron chi connectivity index (χ1n) is 6.59. The Labute approximate surface area is 127 Å². The molecule has 0 spiro atoms. The second-order valence-electron chi connectivity index (χ2n) is 4.64. The Kier molecular flexibility index (Phi) is 4.96. The van der Waals surface area contributed by atoms with Crippen LogP contribution in [0.3, 0.4) is 0 Å². The molecule has 1 heterocycles. The summed E-state index contributed by atoms with van der Waals surface area (Å²) in [5, 5.41) is 18.8. The first kappa shape index (κ1) is 15.1. The number of nitrogens with one attached hydrogen (secondary N) is 2. The van der Waals surface area contributed by atoms with Gasteiger partial charge in [-0.2, -0.15) is 10.4 Å². The number of H-pyrrole nitrogens is 1. The number of aromatic nitrogens is 2. The van der Waals surface area contributed by atoms with E-state index in [-0.39, 0.29) is 5.91 Å². The van der Waals surface area contributed by atoms with Gasteiger partial charge in [0.1, 0.15) is 5.82 Å². The third-order valence-electron chi connectivity index (χ3n) is 3.09. The van der Waals surface area contributed by atoms with Crippen LogP contribution in [-0.4, -0.2) is 16.1 Å². The lowest BCUT2D eigenvalue weighted by molar-refractivity contribution is -0.116. The topological polar surface area (TPSA) is 81.6 Å². The van der Waals surface area contributed by atoms with E-state index in [9.17, 15) is 4.79 Å². The summed E-state index contributed by atoms with van der Waals surface area (Å²) in [7, 11) is 0. The van der Waals surface area contributed by atoms with Crippen molar-refractivity contribution in [3.05, 3.63) is 34.9 Å². The van der Waals surface area contributed by atoms with E-state index in [1.54, 1.807) is 6.07 Å². The van der Waals surface area contributed by atoms with E-state index < -0.39 is 0 Å². The maximum atomic E-state index is 11.7. The maximum Gasteiger partial charge on any atom is 0.225 e. The molecule has 0 aliphatic carbocycles. The van der Waals surface area contributed by atoms with Gasteiger partial charge in [0.05, 0.1) is 11.8 Å². The van der Waals surface area contributed by atoms with Gasteiger partial charge in [0.2, 0.25) is 5.91 Å². The van der Waals surface area contributed by atoms with Crippen LogP contribution < -0.4 is 5.32 Å². The van der Waals surface area contributed by atoms with E-state index in [0.717, 1.165) is 16.8 Å². The molecular formula is C15H15ClN4O. The molecule has 0 atom stereocenters. The van der Waals surface area contributed by atoms with Gasteiger partial charge in [0, 0.05) is 29.5 Å². The third kappa shape index (κ3) is 3.83. The quantitative estimate of drug-likeness (QED) is 0.827. The van der Waals surface area contributed by atoms with Gasteiger partial charge < -0.3 is 5.32 Å². The second-order valence-corrected chi connectivity index (χ2v) is 5.05. The first-order valence-corrected chi connectivity index (χ1v) is 6.97. The highest BCUT2D eigenvalue weighted by Gasteiger charge is 2.10. The molecule has 0 aliphatic heterocycles. The lowest BCUT2D eigenvalue weighted by Gasteiger charge is -2.03. The number of amides is 1. The Morgan fingerprint density at radius 3 is 3.10 bits per heavy atom. The first-order chi connectivity index (χ1) is 10.1. The summed E-state index contributed by atoms with van der Waals surface area (Å²) in [5.74, 6) is 0.398. The Morgan fingerprint density at radius 2 is 2.33 bits per heavy atom. The summed E-state index contributed by atoms with van der Waals surface area (Å²) in [4.78, 5) is 11.7. The molecule has 1 aromatic carbocycles. The monoisotopic (exact) mass is 302 g/mol. The Hall–Kier alpha value is -2.32. The zero-order valence-corrected chi connectivity index (χ0v) is 12.4. The van der Waals surface area contributed by atoms with Crippen molar-refractivity contribution in [1.29, 1.82) is 5.26 Å². The minimum Gasteiger partial charge on any atom is -0.311 e. The van der Waals surface area contributed by atoms with Crippen LogP contribution in [0.4, 0.5) is 5.82 Å². The number of unbranched alkanes of at least 4 members (excludes halogenated alkanes) is 1. The van der Waals surface area contributed by atoms with Crippen molar-refractivity contribution in [3.63, 3.8) is 0 Å². The summed E-state index contributed by atoms with van der Waals surface area (Å²) >= 11 is 6.09. The highest BCUT2D eigenvalue weighted by molar-refractivity contribution is 6.31. The summed E-state index contributed by atoms with van der Waals surface area (Å²) in [5.41, 5.74) is 2.59. The van der Waals surface area contributed by atoms with E-state index in [2.05, 4.69) is 15.5 Å². The van der Waals surface area contributed by atoms with Gasteiger partial charge in [-0.15, -0.1) is 0 Å². The molecule has 1 aromatic heterocycles. The standard InChI is InChI=1S/C15H15ClN4O/c1-10-11(5-4-6-12(10)16)13-9-14(20-19-13)18-15(21)7-2-3-8-17/h4-6,9H,2-3,7H2,1H3,(H2,18,19,20,21). The molecule has 0 saturated carbocycles. The molecule has 0 bridgehead atoms. The number of hydrogen-bond donors (Lipinski definition) is 2. The van der Waals surface area contributed by atoms with E-state index in [1.807, 2.05) is 31.2 Å². The molecule has 0 unspecified atom stereocenters. The van der Waals surface area contributed by atoms with Crippen LogP contribution >= 0.6 is 11.6 Å². The number of nitriles is 1. The summed E-state index contributed by atoms with van der Waals surface area (Å²) in [6.07, 6.45) is 1.25. The van der Waals surface area contributed by atoms with Crippen molar-refractivity contribution < 1.29 is 4.79 Å². The highest BCUT2D eigenvalue weighted by atomic mass is 35.5. The van der Waals surface area contributed by atoms with Crippen LogP contribution in [0, 0.1) is 18.3 Å². The lowest BCUT2D eigenvalue weighted by atomic mass is 10.1.